The van der Waals surface area contributed by atoms with Gasteiger partial charge in [0.15, 0.2) is 0 Å². The maximum absolute atomic E-state index is 12.3. The van der Waals surface area contributed by atoms with Crippen LogP contribution in [0.2, 0.25) is 0 Å². The number of fused-ring (bicyclic) bond motifs is 1. The Morgan fingerprint density at radius 2 is 1.80 bits per heavy atom. The summed E-state index contributed by atoms with van der Waals surface area (Å²) in [5.74, 6) is 0. The third-order valence-corrected chi connectivity index (χ3v) is 3.77. The zero-order valence-electron chi connectivity index (χ0n) is 11.7. The molecule has 20 heavy (non-hydrogen) atoms. The second-order valence-corrected chi connectivity index (χ2v) is 5.29. The summed E-state index contributed by atoms with van der Waals surface area (Å²) in [5.41, 5.74) is 5.38. The average molecular weight is 261 g/mol. The van der Waals surface area contributed by atoms with Crippen molar-refractivity contribution < 1.29 is 4.79 Å². The van der Waals surface area contributed by atoms with Crippen molar-refractivity contribution in [2.75, 3.05) is 0 Å². The van der Waals surface area contributed by atoms with Crippen LogP contribution < -0.4 is 5.46 Å². The van der Waals surface area contributed by atoms with E-state index in [0.717, 1.165) is 16.4 Å². The van der Waals surface area contributed by atoms with E-state index in [1.54, 1.807) is 0 Å². The number of aromatic amines is 1. The lowest BCUT2D eigenvalue weighted by atomic mass is 9.64. The van der Waals surface area contributed by atoms with Crippen LogP contribution in [0.4, 0.5) is 0 Å². The van der Waals surface area contributed by atoms with Crippen LogP contribution in [-0.2, 0) is 0 Å². The number of carbonyl (C=O) groups excluding carboxylic acids is 1. The summed E-state index contributed by atoms with van der Waals surface area (Å²) in [7, 11) is 0.438. The van der Waals surface area contributed by atoms with E-state index in [1.165, 1.54) is 11.1 Å². The maximum atomic E-state index is 12.3. The third-order valence-electron chi connectivity index (χ3n) is 3.77. The van der Waals surface area contributed by atoms with Gasteiger partial charge in [-0.1, -0.05) is 41.9 Å². The predicted octanol–water partition coefficient (Wildman–Crippen LogP) is 2.69. The first kappa shape index (κ1) is 12.7. The molecule has 0 amide bonds. The molecule has 2 aromatic carbocycles. The Labute approximate surface area is 119 Å². The molecule has 0 radical (unpaired) electrons. The average Bonchev–Trinajstić information content (AvgIpc) is 2.87. The van der Waals surface area contributed by atoms with Crippen molar-refractivity contribution in [2.24, 2.45) is 0 Å². The van der Waals surface area contributed by atoms with E-state index < -0.39 is 0 Å². The number of hydrogen-bond acceptors (Lipinski definition) is 1. The zero-order valence-corrected chi connectivity index (χ0v) is 11.7. The van der Waals surface area contributed by atoms with Crippen molar-refractivity contribution in [2.45, 2.75) is 13.8 Å². The fraction of sp³-hybridized carbons (Fsp3) is 0.118. The minimum Gasteiger partial charge on any atom is -0.353 e. The SMILES string of the molecule is Cc1ccc(BC(=O)c2cc3ccccc3[nH]2)cc1C. The number of benzene rings is 2. The molecule has 0 unspecified atom stereocenters. The molecule has 0 bridgehead atoms. The molecule has 3 heteroatoms. The van der Waals surface area contributed by atoms with Gasteiger partial charge in [-0.2, -0.15) is 0 Å². The van der Waals surface area contributed by atoms with Crippen molar-refractivity contribution in [1.82, 2.24) is 4.98 Å². The Bertz CT molecular complexity index is 756. The van der Waals surface area contributed by atoms with Gasteiger partial charge >= 0.3 is 0 Å². The van der Waals surface area contributed by atoms with Gasteiger partial charge in [0.2, 0.25) is 7.28 Å². The van der Waals surface area contributed by atoms with E-state index in [-0.39, 0.29) is 5.68 Å². The van der Waals surface area contributed by atoms with Gasteiger partial charge in [0.1, 0.15) is 5.68 Å². The number of carbonyl (C=O) groups is 1. The smallest absolute Gasteiger partial charge is 0.247 e. The lowest BCUT2D eigenvalue weighted by molar-refractivity contribution is 0.107. The highest BCUT2D eigenvalue weighted by Gasteiger charge is 2.12. The van der Waals surface area contributed by atoms with Crippen LogP contribution in [0.25, 0.3) is 10.9 Å². The first-order chi connectivity index (χ1) is 9.63. The highest BCUT2D eigenvalue weighted by Crippen LogP contribution is 2.14. The van der Waals surface area contributed by atoms with Gasteiger partial charge in [-0.25, -0.2) is 0 Å². The monoisotopic (exact) mass is 261 g/mol. The molecule has 3 rings (SSSR count). The van der Waals surface area contributed by atoms with Crippen molar-refractivity contribution in [3.8, 4) is 0 Å². The standard InChI is InChI=1S/C17H16BNO/c1-11-7-8-14(9-12(11)2)18-17(20)16-10-13-5-3-4-6-15(13)19-16/h3-10,18-19H,1-2H3. The highest BCUT2D eigenvalue weighted by atomic mass is 16.1. The van der Waals surface area contributed by atoms with Gasteiger partial charge < -0.3 is 9.78 Å². The summed E-state index contributed by atoms with van der Waals surface area (Å²) in [5, 5.41) is 1.08. The van der Waals surface area contributed by atoms with Crippen LogP contribution >= 0.6 is 0 Å². The Hall–Kier alpha value is -2.29. The summed E-state index contributed by atoms with van der Waals surface area (Å²) >= 11 is 0. The molecule has 1 N–H and O–H groups in total. The predicted molar refractivity (Wildman–Crippen MR) is 85.3 cm³/mol. The minimum absolute atomic E-state index is 0.129. The largest absolute Gasteiger partial charge is 0.353 e. The number of aryl methyl sites for hydroxylation is 2. The molecule has 1 aromatic heterocycles. The Balaban J connectivity index is 1.86. The summed E-state index contributed by atoms with van der Waals surface area (Å²) in [4.78, 5) is 15.5. The van der Waals surface area contributed by atoms with Crippen LogP contribution in [0.15, 0.2) is 48.5 Å². The van der Waals surface area contributed by atoms with Crippen LogP contribution in [-0.4, -0.2) is 17.9 Å². The molecule has 98 valence electrons. The fourth-order valence-electron chi connectivity index (χ4n) is 2.42. The molecular formula is C17H16BNO. The molecule has 0 aliphatic carbocycles. The van der Waals surface area contributed by atoms with Gasteiger partial charge in [-0.15, -0.1) is 0 Å². The van der Waals surface area contributed by atoms with E-state index in [9.17, 15) is 4.79 Å². The molecule has 3 aromatic rings. The van der Waals surface area contributed by atoms with Crippen molar-refractivity contribution in [3.05, 3.63) is 65.4 Å². The van der Waals surface area contributed by atoms with E-state index in [1.807, 2.05) is 36.4 Å². The molecule has 0 atom stereocenters. The van der Waals surface area contributed by atoms with E-state index in [2.05, 4.69) is 31.0 Å². The first-order valence-corrected chi connectivity index (χ1v) is 6.80. The third kappa shape index (κ3) is 2.39. The van der Waals surface area contributed by atoms with Crippen LogP contribution in [0.5, 0.6) is 0 Å². The lowest BCUT2D eigenvalue weighted by Gasteiger charge is -2.03. The number of rotatable bonds is 3. The molecule has 0 aliphatic heterocycles. The normalized spacial score (nSPS) is 10.7. The summed E-state index contributed by atoms with van der Waals surface area (Å²) < 4.78 is 0. The summed E-state index contributed by atoms with van der Waals surface area (Å²) in [6.45, 7) is 4.16. The van der Waals surface area contributed by atoms with Gasteiger partial charge in [0.05, 0.1) is 5.69 Å². The van der Waals surface area contributed by atoms with Crippen LogP contribution in [0.1, 0.15) is 21.6 Å². The first-order valence-electron chi connectivity index (χ1n) is 6.80. The molecule has 0 saturated heterocycles. The van der Waals surface area contributed by atoms with E-state index in [0.29, 0.717) is 13.0 Å². The summed E-state index contributed by atoms with van der Waals surface area (Å²) in [6.07, 6.45) is 0. The van der Waals surface area contributed by atoms with Crippen molar-refractivity contribution in [1.29, 1.82) is 0 Å². The Morgan fingerprint density at radius 1 is 1.00 bits per heavy atom. The Morgan fingerprint density at radius 3 is 2.55 bits per heavy atom. The van der Waals surface area contributed by atoms with Gasteiger partial charge in [0.25, 0.3) is 0 Å². The minimum atomic E-state index is 0.129. The van der Waals surface area contributed by atoms with Gasteiger partial charge in [0, 0.05) is 10.9 Å². The quantitative estimate of drug-likeness (QED) is 0.722. The molecule has 0 fully saturated rings. The van der Waals surface area contributed by atoms with Gasteiger partial charge in [-0.05, 0) is 37.1 Å². The molecule has 0 spiro atoms. The molecular weight excluding hydrogens is 245 g/mol. The van der Waals surface area contributed by atoms with Crippen molar-refractivity contribution >= 4 is 29.3 Å². The fourth-order valence-corrected chi connectivity index (χ4v) is 2.42. The number of para-hydroxylation sites is 1. The molecule has 0 aliphatic rings. The van der Waals surface area contributed by atoms with E-state index in [4.69, 9.17) is 0 Å². The topological polar surface area (TPSA) is 32.9 Å². The number of H-pyrrole nitrogens is 1. The van der Waals surface area contributed by atoms with Crippen LogP contribution in [0.3, 0.4) is 0 Å². The zero-order chi connectivity index (χ0) is 14.1. The molecule has 2 nitrogen and oxygen atoms in total. The molecule has 1 heterocycles. The highest BCUT2D eigenvalue weighted by molar-refractivity contribution is 6.86. The number of nitrogens with one attached hydrogen (secondary N) is 1. The Kier molecular flexibility index (Phi) is 3.19. The lowest BCUT2D eigenvalue weighted by Crippen LogP contribution is -2.24. The van der Waals surface area contributed by atoms with Crippen LogP contribution in [0, 0.1) is 13.8 Å². The van der Waals surface area contributed by atoms with Crippen molar-refractivity contribution in [3.63, 3.8) is 0 Å². The number of aromatic nitrogens is 1. The number of hydrogen-bond donors (Lipinski definition) is 1. The maximum Gasteiger partial charge on any atom is 0.247 e. The second kappa shape index (κ2) is 5.01. The van der Waals surface area contributed by atoms with Gasteiger partial charge in [-0.3, -0.25) is 0 Å². The summed E-state index contributed by atoms with van der Waals surface area (Å²) in [6, 6.07) is 16.1. The van der Waals surface area contributed by atoms with E-state index >= 15 is 0 Å². The molecule has 0 saturated carbocycles. The second-order valence-electron chi connectivity index (χ2n) is 5.29.